The topological polar surface area (TPSA) is 82.2 Å². The number of amides is 2. The molecule has 1 aliphatic carbocycles. The Morgan fingerprint density at radius 3 is 2.77 bits per heavy atom. The molecular formula is C20H18N4O2. The maximum Gasteiger partial charge on any atom is 0.322 e. The number of aromatic nitrogens is 1. The SMILES string of the molecule is N#Cc1ccc(NC(=O)N(Cc2ccc3ncoc3c2)C2CCC2)cc1. The second kappa shape index (κ2) is 6.89. The molecule has 0 radical (unpaired) electrons. The van der Waals surface area contributed by atoms with Gasteiger partial charge in [-0.3, -0.25) is 0 Å². The lowest BCUT2D eigenvalue weighted by Crippen LogP contribution is -2.45. The quantitative estimate of drug-likeness (QED) is 0.764. The Morgan fingerprint density at radius 2 is 2.08 bits per heavy atom. The lowest BCUT2D eigenvalue weighted by atomic mass is 9.91. The van der Waals surface area contributed by atoms with E-state index in [1.54, 1.807) is 24.3 Å². The van der Waals surface area contributed by atoms with Crippen molar-refractivity contribution in [1.82, 2.24) is 9.88 Å². The zero-order valence-electron chi connectivity index (χ0n) is 14.2. The minimum atomic E-state index is -0.128. The number of fused-ring (bicyclic) bond motifs is 1. The summed E-state index contributed by atoms with van der Waals surface area (Å²) in [6.45, 7) is 0.517. The summed E-state index contributed by atoms with van der Waals surface area (Å²) in [5, 5.41) is 11.8. The van der Waals surface area contributed by atoms with E-state index in [4.69, 9.17) is 9.68 Å². The molecule has 2 amide bonds. The number of anilines is 1. The van der Waals surface area contributed by atoms with Gasteiger partial charge in [0.05, 0.1) is 11.6 Å². The number of nitriles is 1. The molecule has 3 aromatic rings. The largest absolute Gasteiger partial charge is 0.443 e. The van der Waals surface area contributed by atoms with E-state index >= 15 is 0 Å². The normalized spacial score (nSPS) is 13.8. The van der Waals surface area contributed by atoms with Crippen molar-refractivity contribution in [3.05, 3.63) is 60.0 Å². The summed E-state index contributed by atoms with van der Waals surface area (Å²) in [5.74, 6) is 0. The van der Waals surface area contributed by atoms with Crippen LogP contribution in [0.15, 0.2) is 53.3 Å². The Labute approximate surface area is 151 Å². The molecule has 0 bridgehead atoms. The maximum absolute atomic E-state index is 12.8. The fourth-order valence-corrected chi connectivity index (χ4v) is 3.08. The summed E-state index contributed by atoms with van der Waals surface area (Å²) >= 11 is 0. The van der Waals surface area contributed by atoms with Gasteiger partial charge in [0.25, 0.3) is 0 Å². The average molecular weight is 346 g/mol. The Hall–Kier alpha value is -3.33. The summed E-state index contributed by atoms with van der Waals surface area (Å²) < 4.78 is 5.36. The van der Waals surface area contributed by atoms with Gasteiger partial charge in [-0.25, -0.2) is 9.78 Å². The molecular weight excluding hydrogens is 328 g/mol. The van der Waals surface area contributed by atoms with Crippen LogP contribution in [0.2, 0.25) is 0 Å². The molecule has 0 unspecified atom stereocenters. The zero-order chi connectivity index (χ0) is 17.9. The first-order chi connectivity index (χ1) is 12.7. The molecule has 0 atom stereocenters. The van der Waals surface area contributed by atoms with Crippen LogP contribution >= 0.6 is 0 Å². The molecule has 0 saturated heterocycles. The predicted molar refractivity (Wildman–Crippen MR) is 97.4 cm³/mol. The molecule has 6 heteroatoms. The van der Waals surface area contributed by atoms with Gasteiger partial charge in [-0.1, -0.05) is 6.07 Å². The molecule has 1 heterocycles. The minimum Gasteiger partial charge on any atom is -0.443 e. The van der Waals surface area contributed by atoms with E-state index in [0.717, 1.165) is 35.9 Å². The fraction of sp³-hybridized carbons (Fsp3) is 0.250. The fourth-order valence-electron chi connectivity index (χ4n) is 3.08. The number of carbonyl (C=O) groups is 1. The molecule has 1 aromatic heterocycles. The van der Waals surface area contributed by atoms with E-state index in [2.05, 4.69) is 16.4 Å². The van der Waals surface area contributed by atoms with Gasteiger partial charge < -0.3 is 14.6 Å². The van der Waals surface area contributed by atoms with Crippen molar-refractivity contribution >= 4 is 22.8 Å². The van der Waals surface area contributed by atoms with Crippen LogP contribution in [0.5, 0.6) is 0 Å². The molecule has 26 heavy (non-hydrogen) atoms. The summed E-state index contributed by atoms with van der Waals surface area (Å²) in [5.41, 5.74) is 3.80. The second-order valence-electron chi connectivity index (χ2n) is 6.49. The van der Waals surface area contributed by atoms with E-state index < -0.39 is 0 Å². The highest BCUT2D eigenvalue weighted by Crippen LogP contribution is 2.28. The Morgan fingerprint density at radius 1 is 1.27 bits per heavy atom. The van der Waals surface area contributed by atoms with Gasteiger partial charge in [0, 0.05) is 18.3 Å². The van der Waals surface area contributed by atoms with Gasteiger partial charge in [0.2, 0.25) is 0 Å². The number of nitrogens with zero attached hydrogens (tertiary/aromatic N) is 3. The summed E-state index contributed by atoms with van der Waals surface area (Å²) in [6.07, 6.45) is 4.61. The van der Waals surface area contributed by atoms with Crippen molar-refractivity contribution in [2.45, 2.75) is 31.8 Å². The van der Waals surface area contributed by atoms with Crippen LogP contribution in [-0.2, 0) is 6.54 Å². The van der Waals surface area contributed by atoms with Crippen LogP contribution in [0.1, 0.15) is 30.4 Å². The molecule has 4 rings (SSSR count). The van der Waals surface area contributed by atoms with E-state index in [1.807, 2.05) is 23.1 Å². The highest BCUT2D eigenvalue weighted by atomic mass is 16.3. The molecule has 2 aromatic carbocycles. The van der Waals surface area contributed by atoms with Crippen molar-refractivity contribution < 1.29 is 9.21 Å². The lowest BCUT2D eigenvalue weighted by molar-refractivity contribution is 0.143. The highest BCUT2D eigenvalue weighted by Gasteiger charge is 2.29. The van der Waals surface area contributed by atoms with Crippen LogP contribution in [0.4, 0.5) is 10.5 Å². The first kappa shape index (κ1) is 16.2. The monoisotopic (exact) mass is 346 g/mol. The third-order valence-electron chi connectivity index (χ3n) is 4.79. The van der Waals surface area contributed by atoms with Gasteiger partial charge in [0.1, 0.15) is 5.52 Å². The van der Waals surface area contributed by atoms with Crippen LogP contribution in [-0.4, -0.2) is 22.0 Å². The Kier molecular flexibility index (Phi) is 4.28. The van der Waals surface area contributed by atoms with Gasteiger partial charge in [-0.05, 0) is 61.2 Å². The minimum absolute atomic E-state index is 0.128. The number of nitrogens with one attached hydrogen (secondary N) is 1. The average Bonchev–Trinajstić information content (AvgIpc) is 3.08. The second-order valence-corrected chi connectivity index (χ2v) is 6.49. The van der Waals surface area contributed by atoms with E-state index in [9.17, 15) is 4.79 Å². The zero-order valence-corrected chi connectivity index (χ0v) is 14.2. The molecule has 1 aliphatic rings. The van der Waals surface area contributed by atoms with Crippen LogP contribution in [0.3, 0.4) is 0 Å². The number of oxazole rings is 1. The first-order valence-electron chi connectivity index (χ1n) is 8.63. The Balaban J connectivity index is 1.51. The Bertz CT molecular complexity index is 967. The van der Waals surface area contributed by atoms with Gasteiger partial charge >= 0.3 is 6.03 Å². The number of hydrogen-bond acceptors (Lipinski definition) is 4. The number of benzene rings is 2. The number of carbonyl (C=O) groups excluding carboxylic acids is 1. The first-order valence-corrected chi connectivity index (χ1v) is 8.63. The standard InChI is InChI=1S/C20H18N4O2/c21-11-14-4-7-16(8-5-14)23-20(25)24(17-2-1-3-17)12-15-6-9-18-19(10-15)26-13-22-18/h4-10,13,17H,1-3,12H2,(H,23,25). The third-order valence-corrected chi connectivity index (χ3v) is 4.79. The van der Waals surface area contributed by atoms with Crippen molar-refractivity contribution in [1.29, 1.82) is 5.26 Å². The molecule has 1 fully saturated rings. The van der Waals surface area contributed by atoms with Crippen LogP contribution < -0.4 is 5.32 Å². The molecule has 0 spiro atoms. The van der Waals surface area contributed by atoms with Gasteiger partial charge in [-0.15, -0.1) is 0 Å². The molecule has 1 N–H and O–H groups in total. The molecule has 1 saturated carbocycles. The summed E-state index contributed by atoms with van der Waals surface area (Å²) in [6, 6.07) is 14.9. The van der Waals surface area contributed by atoms with E-state index in [-0.39, 0.29) is 12.1 Å². The van der Waals surface area contributed by atoms with Crippen molar-refractivity contribution in [3.8, 4) is 6.07 Å². The number of rotatable bonds is 4. The maximum atomic E-state index is 12.8. The van der Waals surface area contributed by atoms with Crippen LogP contribution in [0, 0.1) is 11.3 Å². The third kappa shape index (κ3) is 3.24. The van der Waals surface area contributed by atoms with Crippen molar-refractivity contribution in [3.63, 3.8) is 0 Å². The van der Waals surface area contributed by atoms with E-state index in [1.165, 1.54) is 6.39 Å². The van der Waals surface area contributed by atoms with Crippen molar-refractivity contribution in [2.75, 3.05) is 5.32 Å². The molecule has 0 aliphatic heterocycles. The highest BCUT2D eigenvalue weighted by molar-refractivity contribution is 5.89. The molecule has 6 nitrogen and oxygen atoms in total. The van der Waals surface area contributed by atoms with E-state index in [0.29, 0.717) is 17.8 Å². The van der Waals surface area contributed by atoms with Crippen LogP contribution in [0.25, 0.3) is 11.1 Å². The smallest absolute Gasteiger partial charge is 0.322 e. The summed E-state index contributed by atoms with van der Waals surface area (Å²) in [7, 11) is 0. The summed E-state index contributed by atoms with van der Waals surface area (Å²) in [4.78, 5) is 18.8. The van der Waals surface area contributed by atoms with Gasteiger partial charge in [0.15, 0.2) is 12.0 Å². The number of urea groups is 1. The predicted octanol–water partition coefficient (Wildman–Crippen LogP) is 4.29. The van der Waals surface area contributed by atoms with Gasteiger partial charge in [-0.2, -0.15) is 5.26 Å². The lowest BCUT2D eigenvalue weighted by Gasteiger charge is -2.37. The number of hydrogen-bond donors (Lipinski definition) is 1. The molecule has 130 valence electrons. The van der Waals surface area contributed by atoms with Crippen molar-refractivity contribution in [2.24, 2.45) is 0 Å².